The molecule has 0 spiro atoms. The molecular formula is C20H11ClFN3O4S. The molecule has 1 saturated heterocycles. The molecule has 30 heavy (non-hydrogen) atoms. The number of carbonyl (C=O) groups excluding carboxylic acids is 1. The number of nitro groups is 1. The van der Waals surface area contributed by atoms with Gasteiger partial charge >= 0.3 is 0 Å². The van der Waals surface area contributed by atoms with Crippen LogP contribution in [0.3, 0.4) is 0 Å². The van der Waals surface area contributed by atoms with Crippen LogP contribution >= 0.6 is 23.8 Å². The van der Waals surface area contributed by atoms with Gasteiger partial charge < -0.3 is 9.73 Å². The molecule has 0 bridgehead atoms. The zero-order chi connectivity index (χ0) is 21.4. The average Bonchev–Trinajstić information content (AvgIpc) is 3.27. The molecule has 1 N–H and O–H groups in total. The van der Waals surface area contributed by atoms with Crippen LogP contribution in [0.2, 0.25) is 5.02 Å². The van der Waals surface area contributed by atoms with Crippen LogP contribution in [0.15, 0.2) is 64.7 Å². The SMILES string of the molecule is O=C1/C(=C/c2ccc(-c3ccc(Cl)cc3[N+](=O)[O-])o2)NC(=S)N1c1ccccc1F. The Kier molecular flexibility index (Phi) is 5.06. The maximum atomic E-state index is 14.1. The molecule has 1 amide bonds. The predicted octanol–water partition coefficient (Wildman–Crippen LogP) is 4.91. The van der Waals surface area contributed by atoms with E-state index in [0.717, 1.165) is 4.90 Å². The Labute approximate surface area is 179 Å². The second kappa shape index (κ2) is 7.69. The second-order valence-electron chi connectivity index (χ2n) is 6.20. The van der Waals surface area contributed by atoms with Crippen LogP contribution in [0.4, 0.5) is 15.8 Å². The maximum Gasteiger partial charge on any atom is 0.281 e. The van der Waals surface area contributed by atoms with Crippen molar-refractivity contribution < 1.29 is 18.5 Å². The molecule has 0 saturated carbocycles. The first-order chi connectivity index (χ1) is 14.3. The van der Waals surface area contributed by atoms with Crippen molar-refractivity contribution in [3.05, 3.63) is 87.0 Å². The van der Waals surface area contributed by atoms with Gasteiger partial charge in [0.15, 0.2) is 5.11 Å². The summed E-state index contributed by atoms with van der Waals surface area (Å²) in [7, 11) is 0. The molecule has 150 valence electrons. The summed E-state index contributed by atoms with van der Waals surface area (Å²) in [6, 6.07) is 13.1. The molecule has 2 aromatic carbocycles. The molecule has 10 heteroatoms. The zero-order valence-corrected chi connectivity index (χ0v) is 16.5. The van der Waals surface area contributed by atoms with Crippen LogP contribution < -0.4 is 10.2 Å². The summed E-state index contributed by atoms with van der Waals surface area (Å²) >= 11 is 11.0. The van der Waals surface area contributed by atoms with Gasteiger partial charge in [-0.1, -0.05) is 23.7 Å². The maximum absolute atomic E-state index is 14.1. The van der Waals surface area contributed by atoms with Crippen molar-refractivity contribution >= 4 is 52.3 Å². The van der Waals surface area contributed by atoms with Gasteiger partial charge in [-0.05, 0) is 48.6 Å². The summed E-state index contributed by atoms with van der Waals surface area (Å²) in [5, 5.41) is 14.3. The van der Waals surface area contributed by atoms with E-state index in [9.17, 15) is 19.3 Å². The number of furan rings is 1. The summed E-state index contributed by atoms with van der Waals surface area (Å²) < 4.78 is 19.7. The molecule has 2 heterocycles. The van der Waals surface area contributed by atoms with E-state index in [1.807, 2.05) is 0 Å². The summed E-state index contributed by atoms with van der Waals surface area (Å²) in [4.78, 5) is 24.5. The fraction of sp³-hybridized carbons (Fsp3) is 0. The Balaban J connectivity index is 1.66. The van der Waals surface area contributed by atoms with Gasteiger partial charge in [-0.2, -0.15) is 0 Å². The van der Waals surface area contributed by atoms with Crippen molar-refractivity contribution in [1.29, 1.82) is 0 Å². The number of carbonyl (C=O) groups is 1. The van der Waals surface area contributed by atoms with Crippen molar-refractivity contribution in [3.8, 4) is 11.3 Å². The summed E-state index contributed by atoms with van der Waals surface area (Å²) in [5.74, 6) is -0.667. The molecule has 3 aromatic rings. The van der Waals surface area contributed by atoms with Gasteiger partial charge in [-0.15, -0.1) is 0 Å². The van der Waals surface area contributed by atoms with Crippen LogP contribution in [0.5, 0.6) is 0 Å². The number of hydrogen-bond acceptors (Lipinski definition) is 5. The number of halogens is 2. The van der Waals surface area contributed by atoms with Crippen molar-refractivity contribution in [2.45, 2.75) is 0 Å². The number of amides is 1. The Bertz CT molecular complexity index is 1240. The highest BCUT2D eigenvalue weighted by Gasteiger charge is 2.33. The Morgan fingerprint density at radius 1 is 1.20 bits per heavy atom. The number of nitro benzene ring substituents is 1. The van der Waals surface area contributed by atoms with Gasteiger partial charge in [-0.25, -0.2) is 9.29 Å². The third-order valence-corrected chi connectivity index (χ3v) is 4.83. The molecule has 0 radical (unpaired) electrons. The summed E-state index contributed by atoms with van der Waals surface area (Å²) in [5.41, 5.74) is 0.136. The molecule has 7 nitrogen and oxygen atoms in total. The van der Waals surface area contributed by atoms with E-state index >= 15 is 0 Å². The molecule has 1 fully saturated rings. The lowest BCUT2D eigenvalue weighted by molar-refractivity contribution is -0.384. The number of rotatable bonds is 4. The van der Waals surface area contributed by atoms with Crippen LogP contribution in [0.1, 0.15) is 5.76 Å². The molecule has 4 rings (SSSR count). The first kappa shape index (κ1) is 19.7. The van der Waals surface area contributed by atoms with E-state index < -0.39 is 16.6 Å². The van der Waals surface area contributed by atoms with E-state index in [0.29, 0.717) is 0 Å². The Hall–Kier alpha value is -3.56. The predicted molar refractivity (Wildman–Crippen MR) is 113 cm³/mol. The van der Waals surface area contributed by atoms with Gasteiger partial charge in [0.1, 0.15) is 23.0 Å². The lowest BCUT2D eigenvalue weighted by Crippen LogP contribution is -2.31. The number of para-hydroxylation sites is 1. The fourth-order valence-electron chi connectivity index (χ4n) is 2.97. The Morgan fingerprint density at radius 3 is 2.70 bits per heavy atom. The molecule has 0 aliphatic carbocycles. The minimum Gasteiger partial charge on any atom is -0.456 e. The van der Waals surface area contributed by atoms with Gasteiger partial charge in [0, 0.05) is 17.2 Å². The van der Waals surface area contributed by atoms with Crippen molar-refractivity contribution in [1.82, 2.24) is 5.32 Å². The van der Waals surface area contributed by atoms with Crippen LogP contribution in [-0.4, -0.2) is 15.9 Å². The van der Waals surface area contributed by atoms with E-state index in [1.54, 1.807) is 12.1 Å². The van der Waals surface area contributed by atoms with Gasteiger partial charge in [0.25, 0.3) is 11.6 Å². The van der Waals surface area contributed by atoms with Crippen molar-refractivity contribution in [2.24, 2.45) is 0 Å². The van der Waals surface area contributed by atoms with Crippen LogP contribution in [0, 0.1) is 15.9 Å². The quantitative estimate of drug-likeness (QED) is 0.267. The first-order valence-electron chi connectivity index (χ1n) is 8.51. The van der Waals surface area contributed by atoms with Gasteiger partial charge in [-0.3, -0.25) is 14.9 Å². The number of thiocarbonyl (C=S) groups is 1. The first-order valence-corrected chi connectivity index (χ1v) is 9.29. The second-order valence-corrected chi connectivity index (χ2v) is 7.02. The van der Waals surface area contributed by atoms with E-state index in [4.69, 9.17) is 28.2 Å². The molecule has 1 aliphatic rings. The third-order valence-electron chi connectivity index (χ3n) is 4.31. The lowest BCUT2D eigenvalue weighted by atomic mass is 10.1. The monoisotopic (exact) mass is 443 g/mol. The molecule has 1 aliphatic heterocycles. The van der Waals surface area contributed by atoms with Crippen molar-refractivity contribution in [3.63, 3.8) is 0 Å². The van der Waals surface area contributed by atoms with Crippen LogP contribution in [-0.2, 0) is 4.79 Å². The number of anilines is 1. The minimum atomic E-state index is -0.591. The summed E-state index contributed by atoms with van der Waals surface area (Å²) in [6.07, 6.45) is 1.39. The molecule has 1 aromatic heterocycles. The average molecular weight is 444 g/mol. The van der Waals surface area contributed by atoms with E-state index in [2.05, 4.69) is 5.32 Å². The number of benzene rings is 2. The zero-order valence-electron chi connectivity index (χ0n) is 15.0. The fourth-order valence-corrected chi connectivity index (χ4v) is 3.43. The normalized spacial score (nSPS) is 15.0. The molecular weight excluding hydrogens is 433 g/mol. The minimum absolute atomic E-state index is 0.0245. The number of nitrogens with one attached hydrogen (secondary N) is 1. The van der Waals surface area contributed by atoms with Crippen molar-refractivity contribution in [2.75, 3.05) is 4.90 Å². The van der Waals surface area contributed by atoms with Gasteiger partial charge in [0.2, 0.25) is 0 Å². The van der Waals surface area contributed by atoms with E-state index in [1.165, 1.54) is 48.5 Å². The highest BCUT2D eigenvalue weighted by atomic mass is 35.5. The smallest absolute Gasteiger partial charge is 0.281 e. The van der Waals surface area contributed by atoms with Crippen LogP contribution in [0.25, 0.3) is 17.4 Å². The van der Waals surface area contributed by atoms with Gasteiger partial charge in [0.05, 0.1) is 16.2 Å². The third kappa shape index (κ3) is 3.56. The standard InChI is InChI=1S/C20H11ClFN3O4S/c21-11-5-7-13(17(9-11)25(27)28)18-8-6-12(29-18)10-15-19(26)24(20(30)23-15)16-4-2-1-3-14(16)22/h1-10H,(H,23,30)/b15-10-. The Morgan fingerprint density at radius 2 is 1.97 bits per heavy atom. The molecule has 0 unspecified atom stereocenters. The largest absolute Gasteiger partial charge is 0.456 e. The molecule has 0 atom stereocenters. The number of nitrogens with zero attached hydrogens (tertiary/aromatic N) is 2. The highest BCUT2D eigenvalue weighted by Crippen LogP contribution is 2.34. The number of hydrogen-bond donors (Lipinski definition) is 1. The highest BCUT2D eigenvalue weighted by molar-refractivity contribution is 7.80. The summed E-state index contributed by atoms with van der Waals surface area (Å²) in [6.45, 7) is 0. The lowest BCUT2D eigenvalue weighted by Gasteiger charge is -2.14. The topological polar surface area (TPSA) is 88.6 Å². The van der Waals surface area contributed by atoms with E-state index in [-0.39, 0.29) is 44.3 Å².